The molecule has 1 aromatic rings. The molecule has 0 amide bonds. The molecule has 2 rings (SSSR count). The number of carbonyl (C=O) groups is 1. The Labute approximate surface area is 104 Å². The van der Waals surface area contributed by atoms with Gasteiger partial charge in [0.2, 0.25) is 5.78 Å². The second-order valence-electron chi connectivity index (χ2n) is 3.14. The van der Waals surface area contributed by atoms with Crippen LogP contribution in [-0.2, 0) is 11.4 Å². The van der Waals surface area contributed by atoms with Crippen molar-refractivity contribution < 1.29 is 9.90 Å². The number of ketones is 1. The van der Waals surface area contributed by atoms with Gasteiger partial charge in [0, 0.05) is 0 Å². The molecule has 1 aliphatic heterocycles. The summed E-state index contributed by atoms with van der Waals surface area (Å²) in [4.78, 5) is 10.6. The smallest absolute Gasteiger partial charge is 0.207 e. The molecule has 0 radical (unpaired) electrons. The van der Waals surface area contributed by atoms with Crippen LogP contribution in [0.25, 0.3) is 0 Å². The lowest BCUT2D eigenvalue weighted by Gasteiger charge is -1.89. The van der Waals surface area contributed by atoms with E-state index in [-0.39, 0.29) is 22.8 Å². The van der Waals surface area contributed by atoms with Crippen LogP contribution in [0.2, 0.25) is 0 Å². The molecule has 1 N–H and O–H groups in total. The Kier molecular flexibility index (Phi) is 5.52. The zero-order valence-corrected chi connectivity index (χ0v) is 10.3. The van der Waals surface area contributed by atoms with Crippen molar-refractivity contribution in [3.05, 3.63) is 35.9 Å². The average Bonchev–Trinajstić information content (AvgIpc) is 2.62. The highest BCUT2D eigenvalue weighted by molar-refractivity contribution is 8.00. The second-order valence-corrected chi connectivity index (χ2v) is 4.60. The first kappa shape index (κ1) is 13.2. The molecule has 0 aliphatic carbocycles. The van der Waals surface area contributed by atoms with Gasteiger partial charge >= 0.3 is 0 Å². The number of benzene rings is 1. The zero-order valence-electron chi connectivity index (χ0n) is 8.76. The lowest BCUT2D eigenvalue weighted by atomic mass is 10.2. The van der Waals surface area contributed by atoms with Gasteiger partial charge < -0.3 is 5.11 Å². The molecule has 0 saturated heterocycles. The van der Waals surface area contributed by atoms with Crippen LogP contribution in [0.3, 0.4) is 0 Å². The quantitative estimate of drug-likeness (QED) is 0.786. The highest BCUT2D eigenvalue weighted by Gasteiger charge is 2.24. The SMILES string of the molecule is CC1SN=C(Cl)C1=O.OCc1ccccc1. The predicted molar refractivity (Wildman–Crippen MR) is 67.7 cm³/mol. The fourth-order valence-electron chi connectivity index (χ4n) is 0.969. The number of hydrogen-bond acceptors (Lipinski definition) is 4. The van der Waals surface area contributed by atoms with E-state index in [1.54, 1.807) is 6.92 Å². The van der Waals surface area contributed by atoms with Crippen LogP contribution in [0.1, 0.15) is 12.5 Å². The van der Waals surface area contributed by atoms with Gasteiger partial charge in [-0.2, -0.15) is 4.40 Å². The second kappa shape index (κ2) is 6.68. The van der Waals surface area contributed by atoms with Crippen LogP contribution in [0.4, 0.5) is 0 Å². The van der Waals surface area contributed by atoms with E-state index in [1.807, 2.05) is 30.3 Å². The predicted octanol–water partition coefficient (Wildman–Crippen LogP) is 2.42. The summed E-state index contributed by atoms with van der Waals surface area (Å²) in [6.45, 7) is 1.92. The summed E-state index contributed by atoms with van der Waals surface area (Å²) in [5.74, 6) is -0.0586. The first-order valence-electron chi connectivity index (χ1n) is 4.73. The van der Waals surface area contributed by atoms with Gasteiger partial charge in [0.15, 0.2) is 5.17 Å². The molecule has 1 heterocycles. The molecule has 86 valence electrons. The molecule has 0 aromatic heterocycles. The van der Waals surface area contributed by atoms with E-state index in [0.717, 1.165) is 5.56 Å². The monoisotopic (exact) mass is 257 g/mol. The number of Topliss-reactive ketones (excluding diaryl/α,β-unsaturated/α-hetero) is 1. The van der Waals surface area contributed by atoms with Gasteiger partial charge in [0.05, 0.1) is 11.9 Å². The molecular weight excluding hydrogens is 246 g/mol. The van der Waals surface area contributed by atoms with E-state index in [2.05, 4.69) is 4.40 Å². The first-order chi connectivity index (χ1) is 7.65. The molecule has 5 heteroatoms. The normalized spacial score (nSPS) is 18.8. The Morgan fingerprint density at radius 2 is 2.06 bits per heavy atom. The summed E-state index contributed by atoms with van der Waals surface area (Å²) in [6.07, 6.45) is 0. The van der Waals surface area contributed by atoms with Gasteiger partial charge in [-0.3, -0.25) is 4.79 Å². The Hall–Kier alpha value is -0.840. The number of aliphatic hydroxyl groups excluding tert-OH is 1. The van der Waals surface area contributed by atoms with Crippen molar-refractivity contribution in [2.75, 3.05) is 0 Å². The third-order valence-electron chi connectivity index (χ3n) is 1.89. The highest BCUT2D eigenvalue weighted by atomic mass is 35.5. The minimum atomic E-state index is -0.0671. The summed E-state index contributed by atoms with van der Waals surface area (Å²) in [6, 6.07) is 9.52. The summed E-state index contributed by atoms with van der Waals surface area (Å²) in [7, 11) is 0. The van der Waals surface area contributed by atoms with E-state index in [4.69, 9.17) is 16.7 Å². The molecule has 0 saturated carbocycles. The number of carbonyl (C=O) groups excluding carboxylic acids is 1. The van der Waals surface area contributed by atoms with Gasteiger partial charge in [-0.25, -0.2) is 0 Å². The number of nitrogens with zero attached hydrogens (tertiary/aromatic N) is 1. The highest BCUT2D eigenvalue weighted by Crippen LogP contribution is 2.22. The van der Waals surface area contributed by atoms with Crippen molar-refractivity contribution in [3.8, 4) is 0 Å². The lowest BCUT2D eigenvalue weighted by Crippen LogP contribution is -2.12. The van der Waals surface area contributed by atoms with Crippen LogP contribution in [0.5, 0.6) is 0 Å². The number of rotatable bonds is 1. The molecule has 1 aliphatic rings. The number of aliphatic hydroxyl groups is 1. The maximum absolute atomic E-state index is 10.6. The van der Waals surface area contributed by atoms with Gasteiger partial charge in [-0.15, -0.1) is 0 Å². The van der Waals surface area contributed by atoms with Crippen LogP contribution in [0.15, 0.2) is 34.7 Å². The maximum atomic E-state index is 10.6. The van der Waals surface area contributed by atoms with Crippen LogP contribution >= 0.6 is 23.5 Å². The first-order valence-corrected chi connectivity index (χ1v) is 5.95. The largest absolute Gasteiger partial charge is 0.392 e. The number of hydrogen-bond donors (Lipinski definition) is 1. The van der Waals surface area contributed by atoms with Crippen molar-refractivity contribution in [1.29, 1.82) is 0 Å². The maximum Gasteiger partial charge on any atom is 0.207 e. The van der Waals surface area contributed by atoms with Gasteiger partial charge in [-0.05, 0) is 24.4 Å². The van der Waals surface area contributed by atoms with Gasteiger partial charge in [0.1, 0.15) is 0 Å². The topological polar surface area (TPSA) is 49.7 Å². The third-order valence-corrected chi connectivity index (χ3v) is 3.08. The minimum absolute atomic E-state index is 0.0586. The zero-order chi connectivity index (χ0) is 12.0. The van der Waals surface area contributed by atoms with E-state index in [0.29, 0.717) is 0 Å². The average molecular weight is 258 g/mol. The molecule has 16 heavy (non-hydrogen) atoms. The van der Waals surface area contributed by atoms with Gasteiger partial charge in [0.25, 0.3) is 0 Å². The van der Waals surface area contributed by atoms with Crippen LogP contribution in [-0.4, -0.2) is 21.3 Å². The molecule has 1 aromatic carbocycles. The Bertz CT molecular complexity index is 381. The Morgan fingerprint density at radius 3 is 2.31 bits per heavy atom. The fourth-order valence-corrected chi connectivity index (χ4v) is 1.87. The molecule has 3 nitrogen and oxygen atoms in total. The fraction of sp³-hybridized carbons (Fsp3) is 0.273. The van der Waals surface area contributed by atoms with Crippen LogP contribution < -0.4 is 0 Å². The molecule has 0 fully saturated rings. The molecule has 0 spiro atoms. The summed E-state index contributed by atoms with van der Waals surface area (Å²) < 4.78 is 3.65. The van der Waals surface area contributed by atoms with E-state index < -0.39 is 0 Å². The van der Waals surface area contributed by atoms with Crippen molar-refractivity contribution in [2.45, 2.75) is 18.8 Å². The summed E-state index contributed by atoms with van der Waals surface area (Å²) >= 11 is 6.56. The summed E-state index contributed by atoms with van der Waals surface area (Å²) in [5.41, 5.74) is 0.965. The van der Waals surface area contributed by atoms with Crippen molar-refractivity contribution >= 4 is 34.5 Å². The molecular formula is C11H12ClNO2S. The van der Waals surface area contributed by atoms with Crippen molar-refractivity contribution in [3.63, 3.8) is 0 Å². The Morgan fingerprint density at radius 1 is 1.44 bits per heavy atom. The van der Waals surface area contributed by atoms with E-state index >= 15 is 0 Å². The molecule has 1 unspecified atom stereocenters. The lowest BCUT2D eigenvalue weighted by molar-refractivity contribution is -0.111. The van der Waals surface area contributed by atoms with Crippen LogP contribution in [0, 0.1) is 0 Å². The standard InChI is InChI=1S/C7H8O.C4H4ClNOS/c8-6-7-4-2-1-3-5-7;1-2-3(7)4(5)6-8-2/h1-5,8H,6H2;2H,1H3. The van der Waals surface area contributed by atoms with E-state index in [9.17, 15) is 4.79 Å². The molecule has 1 atom stereocenters. The van der Waals surface area contributed by atoms with Gasteiger partial charge in [-0.1, -0.05) is 41.9 Å². The molecule has 0 bridgehead atoms. The number of halogens is 1. The van der Waals surface area contributed by atoms with E-state index in [1.165, 1.54) is 11.9 Å². The summed E-state index contributed by atoms with van der Waals surface area (Å²) in [5, 5.41) is 8.60. The van der Waals surface area contributed by atoms with Crippen molar-refractivity contribution in [2.24, 2.45) is 4.40 Å². The van der Waals surface area contributed by atoms with Crippen molar-refractivity contribution in [1.82, 2.24) is 0 Å². The third kappa shape index (κ3) is 3.96. The Balaban J connectivity index is 0.000000160. The minimum Gasteiger partial charge on any atom is -0.392 e.